The van der Waals surface area contributed by atoms with E-state index in [9.17, 15) is 0 Å². The number of H-pyrrole nitrogens is 1. The van der Waals surface area contributed by atoms with Crippen LogP contribution in [0.2, 0.25) is 0 Å². The zero-order chi connectivity index (χ0) is 9.31. The minimum Gasteiger partial charge on any atom is -0.369 e. The maximum atomic E-state index is 5.57. The fraction of sp³-hybridized carbons (Fsp3) is 0.667. The third kappa shape index (κ3) is 1.68. The van der Waals surface area contributed by atoms with Crippen molar-refractivity contribution < 1.29 is 0 Å². The Bertz CT molecular complexity index is 289. The first-order valence-electron chi connectivity index (χ1n) is 4.59. The number of hydrogen-bond acceptors (Lipinski definition) is 3. The molecular formula is C9H15N3S. The number of aromatic nitrogens is 2. The molecule has 1 aromatic rings. The van der Waals surface area contributed by atoms with E-state index >= 15 is 0 Å². The zero-order valence-electron chi connectivity index (χ0n) is 7.84. The van der Waals surface area contributed by atoms with Crippen LogP contribution in [0.3, 0.4) is 0 Å². The van der Waals surface area contributed by atoms with Gasteiger partial charge in [-0.2, -0.15) is 11.8 Å². The van der Waals surface area contributed by atoms with Crippen molar-refractivity contribution in [1.29, 1.82) is 0 Å². The summed E-state index contributed by atoms with van der Waals surface area (Å²) in [6.45, 7) is 2.28. The Hall–Kier alpha value is -0.640. The molecule has 1 aliphatic heterocycles. The minimum absolute atomic E-state index is 0.257. The van der Waals surface area contributed by atoms with Gasteiger partial charge in [-0.25, -0.2) is 4.98 Å². The molecule has 0 saturated carbocycles. The predicted molar refractivity (Wildman–Crippen MR) is 56.9 cm³/mol. The van der Waals surface area contributed by atoms with Gasteiger partial charge in [-0.1, -0.05) is 6.92 Å². The first kappa shape index (κ1) is 8.94. The predicted octanol–water partition coefficient (Wildman–Crippen LogP) is 1.78. The van der Waals surface area contributed by atoms with Crippen molar-refractivity contribution >= 4 is 17.7 Å². The third-order valence-corrected chi connectivity index (χ3v) is 4.10. The van der Waals surface area contributed by atoms with Crippen LogP contribution < -0.4 is 5.73 Å². The molecule has 3 nitrogen and oxygen atoms in total. The van der Waals surface area contributed by atoms with Crippen LogP contribution in [-0.2, 0) is 5.41 Å². The van der Waals surface area contributed by atoms with Crippen molar-refractivity contribution in [3.8, 4) is 0 Å². The van der Waals surface area contributed by atoms with Gasteiger partial charge in [0.2, 0.25) is 0 Å². The average molecular weight is 197 g/mol. The van der Waals surface area contributed by atoms with Crippen LogP contribution in [0.4, 0.5) is 5.95 Å². The fourth-order valence-corrected chi connectivity index (χ4v) is 3.03. The normalized spacial score (nSPS) is 29.0. The lowest BCUT2D eigenvalue weighted by molar-refractivity contribution is 0.461. The Balaban J connectivity index is 2.22. The van der Waals surface area contributed by atoms with Crippen LogP contribution in [-0.4, -0.2) is 21.5 Å². The molecule has 4 heteroatoms. The van der Waals surface area contributed by atoms with Gasteiger partial charge in [0.1, 0.15) is 0 Å². The highest BCUT2D eigenvalue weighted by Gasteiger charge is 2.30. The maximum Gasteiger partial charge on any atom is 0.197 e. The van der Waals surface area contributed by atoms with Gasteiger partial charge in [0.15, 0.2) is 5.95 Å². The molecule has 0 aromatic carbocycles. The molecule has 3 N–H and O–H groups in total. The van der Waals surface area contributed by atoms with E-state index in [1.807, 2.05) is 18.0 Å². The molecule has 72 valence electrons. The number of rotatable bonds is 1. The highest BCUT2D eigenvalue weighted by Crippen LogP contribution is 2.36. The number of aromatic amines is 1. The lowest BCUT2D eigenvalue weighted by Crippen LogP contribution is -2.29. The Morgan fingerprint density at radius 1 is 1.69 bits per heavy atom. The summed E-state index contributed by atoms with van der Waals surface area (Å²) in [5.41, 5.74) is 7.02. The molecule has 1 unspecified atom stereocenters. The van der Waals surface area contributed by atoms with Crippen molar-refractivity contribution in [3.63, 3.8) is 0 Å². The van der Waals surface area contributed by atoms with E-state index in [1.54, 1.807) is 0 Å². The summed E-state index contributed by atoms with van der Waals surface area (Å²) in [6.07, 6.45) is 4.41. The standard InChI is InChI=1S/C9H15N3S/c1-9(3-2-4-13-6-9)7-5-11-8(10)12-7/h5H,2-4,6H2,1H3,(H3,10,11,12). The van der Waals surface area contributed by atoms with Gasteiger partial charge in [-0.15, -0.1) is 0 Å². The molecular weight excluding hydrogens is 182 g/mol. The van der Waals surface area contributed by atoms with Gasteiger partial charge >= 0.3 is 0 Å². The molecule has 2 rings (SSSR count). The molecule has 0 amide bonds. The molecule has 2 heterocycles. The lowest BCUT2D eigenvalue weighted by Gasteiger charge is -2.31. The van der Waals surface area contributed by atoms with Crippen LogP contribution in [0.25, 0.3) is 0 Å². The van der Waals surface area contributed by atoms with Crippen molar-refractivity contribution in [3.05, 3.63) is 11.9 Å². The molecule has 0 aliphatic carbocycles. The maximum absolute atomic E-state index is 5.57. The first-order chi connectivity index (χ1) is 6.21. The Morgan fingerprint density at radius 2 is 2.54 bits per heavy atom. The second-order valence-electron chi connectivity index (χ2n) is 3.90. The largest absolute Gasteiger partial charge is 0.369 e. The molecule has 1 saturated heterocycles. The zero-order valence-corrected chi connectivity index (χ0v) is 8.66. The molecule has 0 bridgehead atoms. The van der Waals surface area contributed by atoms with Crippen LogP contribution in [0.1, 0.15) is 25.5 Å². The summed E-state index contributed by atoms with van der Waals surface area (Å²) in [7, 11) is 0. The van der Waals surface area contributed by atoms with E-state index in [0.717, 1.165) is 0 Å². The summed E-state index contributed by atoms with van der Waals surface area (Å²) in [6, 6.07) is 0. The summed E-state index contributed by atoms with van der Waals surface area (Å²) >= 11 is 2.02. The topological polar surface area (TPSA) is 54.7 Å². The Kier molecular flexibility index (Phi) is 2.24. The molecule has 1 atom stereocenters. The Labute approximate surface area is 82.5 Å². The van der Waals surface area contributed by atoms with Crippen LogP contribution >= 0.6 is 11.8 Å². The quantitative estimate of drug-likeness (QED) is 0.721. The van der Waals surface area contributed by atoms with Gasteiger partial charge < -0.3 is 10.7 Å². The van der Waals surface area contributed by atoms with Crippen LogP contribution in [0, 0.1) is 0 Å². The fourth-order valence-electron chi connectivity index (χ4n) is 1.79. The van der Waals surface area contributed by atoms with Gasteiger partial charge in [0, 0.05) is 16.9 Å². The molecule has 0 radical (unpaired) electrons. The van der Waals surface area contributed by atoms with E-state index < -0.39 is 0 Å². The lowest BCUT2D eigenvalue weighted by atomic mass is 9.84. The number of nitrogens with two attached hydrogens (primary N) is 1. The number of thioether (sulfide) groups is 1. The highest BCUT2D eigenvalue weighted by atomic mass is 32.2. The average Bonchev–Trinajstić information content (AvgIpc) is 2.54. The molecule has 13 heavy (non-hydrogen) atoms. The van der Waals surface area contributed by atoms with E-state index in [1.165, 1.54) is 30.0 Å². The molecule has 0 spiro atoms. The van der Waals surface area contributed by atoms with E-state index in [0.29, 0.717) is 5.95 Å². The molecule has 1 aromatic heterocycles. The van der Waals surface area contributed by atoms with E-state index in [2.05, 4.69) is 16.9 Å². The number of anilines is 1. The summed E-state index contributed by atoms with van der Waals surface area (Å²) in [5, 5.41) is 0. The van der Waals surface area contributed by atoms with Crippen molar-refractivity contribution in [2.75, 3.05) is 17.2 Å². The second-order valence-corrected chi connectivity index (χ2v) is 5.00. The number of nitrogens with zero attached hydrogens (tertiary/aromatic N) is 1. The van der Waals surface area contributed by atoms with Crippen LogP contribution in [0.15, 0.2) is 6.20 Å². The number of nitrogen functional groups attached to an aromatic ring is 1. The van der Waals surface area contributed by atoms with Crippen molar-refractivity contribution in [2.24, 2.45) is 0 Å². The highest BCUT2D eigenvalue weighted by molar-refractivity contribution is 7.99. The monoisotopic (exact) mass is 197 g/mol. The van der Waals surface area contributed by atoms with Gasteiger partial charge in [0.25, 0.3) is 0 Å². The third-order valence-electron chi connectivity index (χ3n) is 2.68. The van der Waals surface area contributed by atoms with Crippen molar-refractivity contribution in [1.82, 2.24) is 9.97 Å². The SMILES string of the molecule is CC1(c2cnc(N)[nH]2)CCCSC1. The van der Waals surface area contributed by atoms with E-state index in [-0.39, 0.29) is 5.41 Å². The smallest absolute Gasteiger partial charge is 0.197 e. The first-order valence-corrected chi connectivity index (χ1v) is 5.75. The van der Waals surface area contributed by atoms with Crippen molar-refractivity contribution in [2.45, 2.75) is 25.2 Å². The summed E-state index contributed by atoms with van der Waals surface area (Å²) < 4.78 is 0. The van der Waals surface area contributed by atoms with Gasteiger partial charge in [-0.3, -0.25) is 0 Å². The van der Waals surface area contributed by atoms with E-state index in [4.69, 9.17) is 5.73 Å². The molecule has 1 aliphatic rings. The summed E-state index contributed by atoms with van der Waals surface area (Å²) in [5.74, 6) is 3.00. The Morgan fingerprint density at radius 3 is 3.08 bits per heavy atom. The number of imidazole rings is 1. The molecule has 1 fully saturated rings. The van der Waals surface area contributed by atoms with Gasteiger partial charge in [-0.05, 0) is 18.6 Å². The van der Waals surface area contributed by atoms with Gasteiger partial charge in [0.05, 0.1) is 6.20 Å². The minimum atomic E-state index is 0.257. The number of nitrogens with one attached hydrogen (secondary N) is 1. The second kappa shape index (κ2) is 3.25. The van der Waals surface area contributed by atoms with Crippen LogP contribution in [0.5, 0.6) is 0 Å². The summed E-state index contributed by atoms with van der Waals surface area (Å²) in [4.78, 5) is 7.19. The number of hydrogen-bond donors (Lipinski definition) is 2.